The van der Waals surface area contributed by atoms with Crippen LogP contribution in [0, 0.1) is 6.92 Å². The number of carbonyl (C=O) groups is 2. The van der Waals surface area contributed by atoms with Gasteiger partial charge in [0.15, 0.2) is 0 Å². The summed E-state index contributed by atoms with van der Waals surface area (Å²) in [6, 6.07) is 12.3. The first-order valence-electron chi connectivity index (χ1n) is 10.2. The number of nitrogens with zero attached hydrogens (tertiary/aromatic N) is 3. The molecule has 0 bridgehead atoms. The SMILES string of the molecule is COCC(=O)N1CCN(C(=O)c2cc3ccsc3n2Cc2ccccc2C)C[C@H]1C. The van der Waals surface area contributed by atoms with Gasteiger partial charge in [-0.25, -0.2) is 0 Å². The maximum Gasteiger partial charge on any atom is 0.270 e. The molecule has 1 saturated heterocycles. The molecule has 0 N–H and O–H groups in total. The lowest BCUT2D eigenvalue weighted by Crippen LogP contribution is -2.56. The van der Waals surface area contributed by atoms with Crippen LogP contribution < -0.4 is 0 Å². The fourth-order valence-electron chi connectivity index (χ4n) is 4.15. The summed E-state index contributed by atoms with van der Waals surface area (Å²) in [4.78, 5) is 30.5. The van der Waals surface area contributed by atoms with E-state index < -0.39 is 0 Å². The molecule has 0 unspecified atom stereocenters. The summed E-state index contributed by atoms with van der Waals surface area (Å²) < 4.78 is 7.12. The predicted octanol–water partition coefficient (Wildman–Crippen LogP) is 3.38. The fourth-order valence-corrected chi connectivity index (χ4v) is 5.04. The summed E-state index contributed by atoms with van der Waals surface area (Å²) in [5, 5.41) is 3.16. The van der Waals surface area contributed by atoms with Crippen molar-refractivity contribution in [1.82, 2.24) is 14.4 Å². The summed E-state index contributed by atoms with van der Waals surface area (Å²) in [5.74, 6) is -0.00165. The van der Waals surface area contributed by atoms with Gasteiger partial charge in [0.2, 0.25) is 5.91 Å². The largest absolute Gasteiger partial charge is 0.375 e. The highest BCUT2D eigenvalue weighted by molar-refractivity contribution is 7.16. The Morgan fingerprint density at radius 2 is 2.00 bits per heavy atom. The zero-order valence-electron chi connectivity index (χ0n) is 17.6. The molecule has 6 nitrogen and oxygen atoms in total. The van der Waals surface area contributed by atoms with Gasteiger partial charge in [-0.2, -0.15) is 0 Å². The lowest BCUT2D eigenvalue weighted by molar-refractivity contribution is -0.139. The maximum atomic E-state index is 13.5. The Labute approximate surface area is 180 Å². The molecular weight excluding hydrogens is 398 g/mol. The van der Waals surface area contributed by atoms with Crippen LogP contribution in [0.15, 0.2) is 41.8 Å². The zero-order chi connectivity index (χ0) is 21.3. The van der Waals surface area contributed by atoms with Gasteiger partial charge in [-0.3, -0.25) is 9.59 Å². The van der Waals surface area contributed by atoms with Crippen molar-refractivity contribution < 1.29 is 14.3 Å². The molecule has 1 aromatic carbocycles. The molecule has 1 aliphatic rings. The van der Waals surface area contributed by atoms with Crippen LogP contribution >= 0.6 is 11.3 Å². The van der Waals surface area contributed by atoms with Gasteiger partial charge in [-0.1, -0.05) is 24.3 Å². The number of aromatic nitrogens is 1. The van der Waals surface area contributed by atoms with Crippen LogP contribution in [-0.2, 0) is 16.1 Å². The third-order valence-electron chi connectivity index (χ3n) is 5.81. The van der Waals surface area contributed by atoms with E-state index in [4.69, 9.17) is 4.74 Å². The van der Waals surface area contributed by atoms with Gasteiger partial charge < -0.3 is 19.1 Å². The quantitative estimate of drug-likeness (QED) is 0.630. The normalized spacial score (nSPS) is 17.0. The van der Waals surface area contributed by atoms with Gasteiger partial charge in [0.1, 0.15) is 17.1 Å². The van der Waals surface area contributed by atoms with E-state index >= 15 is 0 Å². The van der Waals surface area contributed by atoms with Crippen molar-refractivity contribution in [2.45, 2.75) is 26.4 Å². The first-order chi connectivity index (χ1) is 14.5. The Morgan fingerprint density at radius 3 is 2.73 bits per heavy atom. The van der Waals surface area contributed by atoms with E-state index in [1.165, 1.54) is 18.2 Å². The first-order valence-corrected chi connectivity index (χ1v) is 11.1. The van der Waals surface area contributed by atoms with Crippen molar-refractivity contribution in [2.75, 3.05) is 33.4 Å². The second-order valence-electron chi connectivity index (χ2n) is 7.84. The van der Waals surface area contributed by atoms with Gasteiger partial charge >= 0.3 is 0 Å². The summed E-state index contributed by atoms with van der Waals surface area (Å²) in [5.41, 5.74) is 3.14. The van der Waals surface area contributed by atoms with E-state index in [0.717, 1.165) is 10.2 Å². The molecule has 158 valence electrons. The summed E-state index contributed by atoms with van der Waals surface area (Å²) in [6.45, 7) is 6.41. The average molecular weight is 426 g/mol. The Morgan fingerprint density at radius 1 is 1.20 bits per heavy atom. The van der Waals surface area contributed by atoms with Crippen molar-refractivity contribution in [3.8, 4) is 0 Å². The number of methoxy groups -OCH3 is 1. The number of rotatable bonds is 5. The van der Waals surface area contributed by atoms with E-state index in [1.807, 2.05) is 30.0 Å². The zero-order valence-corrected chi connectivity index (χ0v) is 18.4. The molecule has 3 aromatic rings. The van der Waals surface area contributed by atoms with Gasteiger partial charge in [0, 0.05) is 44.7 Å². The number of hydrogen-bond acceptors (Lipinski definition) is 4. The number of piperazine rings is 1. The number of hydrogen-bond donors (Lipinski definition) is 0. The Hall–Kier alpha value is -2.64. The van der Waals surface area contributed by atoms with Crippen molar-refractivity contribution in [2.24, 2.45) is 0 Å². The summed E-state index contributed by atoms with van der Waals surface area (Å²) >= 11 is 1.66. The van der Waals surface area contributed by atoms with Gasteiger partial charge in [-0.15, -0.1) is 11.3 Å². The molecule has 0 radical (unpaired) electrons. The standard InChI is InChI=1S/C23H27N3O3S/c1-16-6-4-5-7-19(16)14-26-20(12-18-8-11-30-23(18)26)22(28)24-9-10-25(17(2)13-24)21(27)15-29-3/h4-8,11-12,17H,9-10,13-15H2,1-3H3/t17-/m1/s1. The molecule has 0 aliphatic carbocycles. The summed E-state index contributed by atoms with van der Waals surface area (Å²) in [7, 11) is 1.52. The van der Waals surface area contributed by atoms with E-state index in [-0.39, 0.29) is 24.5 Å². The second-order valence-corrected chi connectivity index (χ2v) is 8.74. The molecular formula is C23H27N3O3S. The number of fused-ring (bicyclic) bond motifs is 1. The Bertz CT molecular complexity index is 1070. The number of thiophene rings is 1. The Balaban J connectivity index is 1.59. The van der Waals surface area contributed by atoms with E-state index in [0.29, 0.717) is 31.9 Å². The Kier molecular flexibility index (Phi) is 5.92. The molecule has 7 heteroatoms. The minimum Gasteiger partial charge on any atom is -0.375 e. The van der Waals surface area contributed by atoms with Crippen LogP contribution in [0.1, 0.15) is 28.5 Å². The topological polar surface area (TPSA) is 54.8 Å². The average Bonchev–Trinajstić information content (AvgIpc) is 3.31. The van der Waals surface area contributed by atoms with Crippen LogP contribution in [0.3, 0.4) is 0 Å². The number of carbonyl (C=O) groups excluding carboxylic acids is 2. The number of amides is 2. The summed E-state index contributed by atoms with van der Waals surface area (Å²) in [6.07, 6.45) is 0. The van der Waals surface area contributed by atoms with Crippen molar-refractivity contribution in [3.05, 3.63) is 58.6 Å². The third kappa shape index (κ3) is 3.87. The second kappa shape index (κ2) is 8.62. The van der Waals surface area contributed by atoms with Gasteiger partial charge in [0.25, 0.3) is 5.91 Å². The predicted molar refractivity (Wildman–Crippen MR) is 119 cm³/mol. The third-order valence-corrected chi connectivity index (χ3v) is 6.77. The van der Waals surface area contributed by atoms with Crippen LogP contribution in [0.2, 0.25) is 0 Å². The molecule has 30 heavy (non-hydrogen) atoms. The molecule has 4 rings (SSSR count). The minimum atomic E-state index is -0.0359. The smallest absolute Gasteiger partial charge is 0.270 e. The number of benzene rings is 1. The molecule has 0 spiro atoms. The maximum absolute atomic E-state index is 13.5. The highest BCUT2D eigenvalue weighted by Gasteiger charge is 2.31. The highest BCUT2D eigenvalue weighted by Crippen LogP contribution is 2.28. The number of aryl methyl sites for hydroxylation is 1. The molecule has 2 amide bonds. The van der Waals surface area contributed by atoms with E-state index in [2.05, 4.69) is 35.1 Å². The van der Waals surface area contributed by atoms with Crippen LogP contribution in [-0.4, -0.2) is 65.6 Å². The van der Waals surface area contributed by atoms with Crippen molar-refractivity contribution in [1.29, 1.82) is 0 Å². The van der Waals surface area contributed by atoms with Gasteiger partial charge in [0.05, 0.1) is 0 Å². The van der Waals surface area contributed by atoms with Crippen molar-refractivity contribution >= 4 is 33.4 Å². The molecule has 1 aliphatic heterocycles. The molecule has 2 aromatic heterocycles. The lowest BCUT2D eigenvalue weighted by Gasteiger charge is -2.39. The van der Waals surface area contributed by atoms with E-state index in [1.54, 1.807) is 16.2 Å². The van der Waals surface area contributed by atoms with Crippen LogP contribution in [0.5, 0.6) is 0 Å². The lowest BCUT2D eigenvalue weighted by atomic mass is 10.1. The molecule has 0 saturated carbocycles. The van der Waals surface area contributed by atoms with Crippen LogP contribution in [0.25, 0.3) is 10.2 Å². The van der Waals surface area contributed by atoms with Gasteiger partial charge in [-0.05, 0) is 42.5 Å². The highest BCUT2D eigenvalue weighted by atomic mass is 32.1. The monoisotopic (exact) mass is 425 g/mol. The van der Waals surface area contributed by atoms with Crippen molar-refractivity contribution in [3.63, 3.8) is 0 Å². The fraction of sp³-hybridized carbons (Fsp3) is 0.391. The molecule has 3 heterocycles. The minimum absolute atomic E-state index is 0.0256. The number of ether oxygens (including phenoxy) is 1. The van der Waals surface area contributed by atoms with Crippen LogP contribution in [0.4, 0.5) is 0 Å². The molecule has 1 fully saturated rings. The molecule has 1 atom stereocenters. The first kappa shape index (κ1) is 20.6. The van der Waals surface area contributed by atoms with E-state index in [9.17, 15) is 9.59 Å².